The molecule has 0 radical (unpaired) electrons. The molecule has 0 amide bonds. The summed E-state index contributed by atoms with van der Waals surface area (Å²) >= 11 is 0. The van der Waals surface area contributed by atoms with E-state index in [-0.39, 0.29) is 11.3 Å². The number of aryl methyl sites for hydroxylation is 1. The van der Waals surface area contributed by atoms with Crippen molar-refractivity contribution in [1.29, 1.82) is 0 Å². The van der Waals surface area contributed by atoms with Crippen LogP contribution < -0.4 is 0 Å². The molecule has 0 fully saturated rings. The van der Waals surface area contributed by atoms with Crippen molar-refractivity contribution < 1.29 is 19.1 Å². The molecule has 6 nitrogen and oxygen atoms in total. The van der Waals surface area contributed by atoms with Gasteiger partial charge >= 0.3 is 11.9 Å². The Morgan fingerprint density at radius 2 is 1.88 bits per heavy atom. The monoisotopic (exact) mass is 224 g/mol. The molecule has 0 aliphatic heterocycles. The lowest BCUT2D eigenvalue weighted by Crippen LogP contribution is -2.14. The zero-order valence-electron chi connectivity index (χ0n) is 9.31. The number of rotatable bonds is 3. The van der Waals surface area contributed by atoms with Gasteiger partial charge in [0.15, 0.2) is 5.69 Å². The molecule has 16 heavy (non-hydrogen) atoms. The largest absolute Gasteiger partial charge is 0.465 e. The predicted molar refractivity (Wildman–Crippen MR) is 56.0 cm³/mol. The molecule has 1 heterocycles. The quantitative estimate of drug-likeness (QED) is 0.712. The number of ether oxygens (including phenoxy) is 2. The van der Waals surface area contributed by atoms with Crippen LogP contribution >= 0.6 is 0 Å². The van der Waals surface area contributed by atoms with Gasteiger partial charge in [0, 0.05) is 6.20 Å². The third-order valence-electron chi connectivity index (χ3n) is 2.03. The van der Waals surface area contributed by atoms with E-state index in [1.54, 1.807) is 6.92 Å². The summed E-state index contributed by atoms with van der Waals surface area (Å²) in [5, 5.41) is 3.96. The van der Waals surface area contributed by atoms with Gasteiger partial charge < -0.3 is 9.47 Å². The van der Waals surface area contributed by atoms with Crippen LogP contribution in [0.2, 0.25) is 0 Å². The normalized spacial score (nSPS) is 9.69. The molecule has 1 aromatic rings. The Hall–Kier alpha value is -2.11. The third-order valence-corrected chi connectivity index (χ3v) is 2.03. The average molecular weight is 224 g/mol. The molecule has 0 aliphatic rings. The molecule has 0 N–H and O–H groups in total. The van der Waals surface area contributed by atoms with Crippen LogP contribution in [0.4, 0.5) is 0 Å². The molecule has 0 aromatic carbocycles. The molecule has 1 rings (SSSR count). The van der Waals surface area contributed by atoms with Crippen molar-refractivity contribution in [3.05, 3.63) is 23.5 Å². The molecular formula is C10H12N2O4. The summed E-state index contributed by atoms with van der Waals surface area (Å²) < 4.78 is 10.3. The lowest BCUT2D eigenvalue weighted by Gasteiger charge is -2.02. The van der Waals surface area contributed by atoms with Crippen molar-refractivity contribution in [2.75, 3.05) is 14.2 Å². The molecule has 0 bridgehead atoms. The van der Waals surface area contributed by atoms with E-state index in [9.17, 15) is 9.59 Å². The Morgan fingerprint density at radius 3 is 2.31 bits per heavy atom. The maximum atomic E-state index is 11.5. The van der Waals surface area contributed by atoms with Crippen LogP contribution in [-0.4, -0.2) is 35.9 Å². The van der Waals surface area contributed by atoms with Crippen LogP contribution in [0.3, 0.4) is 0 Å². The minimum Gasteiger partial charge on any atom is -0.465 e. The number of esters is 2. The molecule has 0 aliphatic carbocycles. The zero-order valence-corrected chi connectivity index (χ0v) is 9.31. The number of carbonyl (C=O) groups excluding carboxylic acids is 2. The topological polar surface area (TPSA) is 70.4 Å². The minimum absolute atomic E-state index is 0.0156. The van der Waals surface area contributed by atoms with Gasteiger partial charge in [0.1, 0.15) is 5.56 Å². The number of hydrogen-bond acceptors (Lipinski definition) is 5. The van der Waals surface area contributed by atoms with Crippen LogP contribution in [0, 0.1) is 6.92 Å². The first-order chi connectivity index (χ1) is 7.56. The number of nitrogens with zero attached hydrogens (tertiary/aromatic N) is 2. The van der Waals surface area contributed by atoms with Crippen molar-refractivity contribution in [1.82, 2.24) is 9.78 Å². The molecular weight excluding hydrogens is 212 g/mol. The van der Waals surface area contributed by atoms with Crippen molar-refractivity contribution >= 4 is 18.1 Å². The molecule has 86 valence electrons. The fourth-order valence-corrected chi connectivity index (χ4v) is 1.32. The lowest BCUT2D eigenvalue weighted by atomic mass is 10.2. The van der Waals surface area contributed by atoms with Crippen molar-refractivity contribution in [3.63, 3.8) is 0 Å². The van der Waals surface area contributed by atoms with E-state index in [0.29, 0.717) is 5.69 Å². The molecule has 6 heteroatoms. The first kappa shape index (κ1) is 12.0. The van der Waals surface area contributed by atoms with Crippen molar-refractivity contribution in [2.24, 2.45) is 0 Å². The average Bonchev–Trinajstić information content (AvgIpc) is 2.64. The molecule has 1 aromatic heterocycles. The van der Waals surface area contributed by atoms with Gasteiger partial charge in [0.2, 0.25) is 0 Å². The van der Waals surface area contributed by atoms with Crippen molar-refractivity contribution in [2.45, 2.75) is 6.92 Å². The van der Waals surface area contributed by atoms with Gasteiger partial charge in [0.05, 0.1) is 19.9 Å². The standard InChI is InChI=1S/C10H12N2O4/c1-5-12-8(10(14)16-4)7(6(2)11-12)9(13)15-3/h5H,1H2,2-4H3. The summed E-state index contributed by atoms with van der Waals surface area (Å²) in [6, 6.07) is 0. The highest BCUT2D eigenvalue weighted by atomic mass is 16.5. The maximum absolute atomic E-state index is 11.5. The molecule has 0 unspecified atom stereocenters. The Morgan fingerprint density at radius 1 is 1.31 bits per heavy atom. The van der Waals surface area contributed by atoms with E-state index in [2.05, 4.69) is 21.2 Å². The van der Waals surface area contributed by atoms with E-state index in [1.807, 2.05) is 0 Å². The first-order valence-electron chi connectivity index (χ1n) is 4.45. The number of methoxy groups -OCH3 is 2. The SMILES string of the molecule is C=Cn1nc(C)c(C(=O)OC)c1C(=O)OC. The second-order valence-electron chi connectivity index (χ2n) is 2.92. The Bertz CT molecular complexity index is 448. The highest BCUT2D eigenvalue weighted by Crippen LogP contribution is 2.16. The minimum atomic E-state index is -0.666. The van der Waals surface area contributed by atoms with E-state index >= 15 is 0 Å². The smallest absolute Gasteiger partial charge is 0.357 e. The summed E-state index contributed by atoms with van der Waals surface area (Å²) in [5.41, 5.74) is 0.489. The van der Waals surface area contributed by atoms with Gasteiger partial charge in [-0.2, -0.15) is 5.10 Å². The molecule has 0 saturated heterocycles. The van der Waals surface area contributed by atoms with Crippen LogP contribution in [0.1, 0.15) is 26.5 Å². The Labute approximate surface area is 92.5 Å². The van der Waals surface area contributed by atoms with Gasteiger partial charge in [-0.3, -0.25) is 0 Å². The van der Waals surface area contributed by atoms with Crippen LogP contribution in [0.15, 0.2) is 6.58 Å². The first-order valence-corrected chi connectivity index (χ1v) is 4.45. The summed E-state index contributed by atoms with van der Waals surface area (Å²) in [5.74, 6) is -1.30. The Kier molecular flexibility index (Phi) is 3.44. The fraction of sp³-hybridized carbons (Fsp3) is 0.300. The van der Waals surface area contributed by atoms with Gasteiger partial charge in [-0.1, -0.05) is 6.58 Å². The van der Waals surface area contributed by atoms with Crippen LogP contribution in [0.25, 0.3) is 6.20 Å². The van der Waals surface area contributed by atoms with E-state index < -0.39 is 11.9 Å². The zero-order chi connectivity index (χ0) is 12.3. The Balaban J connectivity index is 3.45. The summed E-state index contributed by atoms with van der Waals surface area (Å²) in [6.45, 7) is 5.08. The van der Waals surface area contributed by atoms with E-state index in [0.717, 1.165) is 0 Å². The molecule has 0 saturated carbocycles. The third kappa shape index (κ3) is 1.81. The second-order valence-corrected chi connectivity index (χ2v) is 2.92. The van der Waals surface area contributed by atoms with Gasteiger partial charge in [-0.25, -0.2) is 14.3 Å². The van der Waals surface area contributed by atoms with Gasteiger partial charge in [-0.15, -0.1) is 0 Å². The van der Waals surface area contributed by atoms with Gasteiger partial charge in [0.25, 0.3) is 0 Å². The summed E-state index contributed by atoms with van der Waals surface area (Å²) in [7, 11) is 2.45. The lowest BCUT2D eigenvalue weighted by molar-refractivity contribution is 0.0549. The number of carbonyl (C=O) groups is 2. The summed E-state index contributed by atoms with van der Waals surface area (Å²) in [6.07, 6.45) is 1.31. The number of hydrogen-bond donors (Lipinski definition) is 0. The summed E-state index contributed by atoms with van der Waals surface area (Å²) in [4.78, 5) is 23.0. The van der Waals surface area contributed by atoms with Crippen molar-refractivity contribution in [3.8, 4) is 0 Å². The second kappa shape index (κ2) is 4.61. The molecule has 0 spiro atoms. The fourth-order valence-electron chi connectivity index (χ4n) is 1.32. The number of aromatic nitrogens is 2. The van der Waals surface area contributed by atoms with E-state index in [4.69, 9.17) is 0 Å². The highest BCUT2D eigenvalue weighted by Gasteiger charge is 2.26. The molecule has 0 atom stereocenters. The maximum Gasteiger partial charge on any atom is 0.357 e. The van der Waals surface area contributed by atoms with Crippen LogP contribution in [-0.2, 0) is 9.47 Å². The van der Waals surface area contributed by atoms with Crippen LogP contribution in [0.5, 0.6) is 0 Å². The predicted octanol–water partition coefficient (Wildman–Crippen LogP) is 0.865. The van der Waals surface area contributed by atoms with E-state index in [1.165, 1.54) is 25.1 Å². The van der Waals surface area contributed by atoms with Gasteiger partial charge in [-0.05, 0) is 6.92 Å². The highest BCUT2D eigenvalue weighted by molar-refractivity contribution is 6.03.